The first-order valence-corrected chi connectivity index (χ1v) is 11.2. The summed E-state index contributed by atoms with van der Waals surface area (Å²) in [6.45, 7) is 8.48. The third kappa shape index (κ3) is 6.94. The molecule has 1 heterocycles. The van der Waals surface area contributed by atoms with Gasteiger partial charge >= 0.3 is 6.18 Å². The average molecular weight is 457 g/mol. The Morgan fingerprint density at radius 3 is 2.24 bits per heavy atom. The van der Waals surface area contributed by atoms with Crippen LogP contribution in [-0.2, 0) is 18.0 Å². The molecule has 4 nitrogen and oxygen atoms in total. The Morgan fingerprint density at radius 2 is 1.61 bits per heavy atom. The third-order valence-corrected chi connectivity index (χ3v) is 5.36. The molecule has 3 rings (SSSR count). The van der Waals surface area contributed by atoms with Crippen LogP contribution in [0.2, 0.25) is 0 Å². The standard InChI is InChI=1S/C26H31F3N4/c1-5-6-7-9-18-10-8-11-21(16-18)31-23-22(26(27,28)29)17-30-24(33-23)32-20-14-12-19(13-15-20)25(2,3)4/h8,10-17H,5-7,9H2,1-4H3,(H2,30,31,32,33). The molecule has 1 aromatic heterocycles. The number of aryl methyl sites for hydroxylation is 1. The zero-order valence-corrected chi connectivity index (χ0v) is 19.6. The minimum absolute atomic E-state index is 0.00551. The molecule has 0 atom stereocenters. The average Bonchev–Trinajstić information content (AvgIpc) is 2.73. The Hall–Kier alpha value is -3.09. The van der Waals surface area contributed by atoms with Crippen molar-refractivity contribution in [2.75, 3.05) is 10.6 Å². The molecule has 0 amide bonds. The van der Waals surface area contributed by atoms with Gasteiger partial charge in [-0.15, -0.1) is 0 Å². The zero-order valence-electron chi connectivity index (χ0n) is 19.6. The summed E-state index contributed by atoms with van der Waals surface area (Å²) in [5, 5.41) is 5.86. The lowest BCUT2D eigenvalue weighted by molar-refractivity contribution is -0.137. The molecule has 0 aliphatic carbocycles. The molecule has 0 aliphatic heterocycles. The van der Waals surface area contributed by atoms with E-state index in [1.165, 1.54) is 0 Å². The molecule has 2 N–H and O–H groups in total. The predicted molar refractivity (Wildman–Crippen MR) is 128 cm³/mol. The summed E-state index contributed by atoms with van der Waals surface area (Å²) >= 11 is 0. The monoisotopic (exact) mass is 456 g/mol. The van der Waals surface area contributed by atoms with Gasteiger partial charge in [-0.3, -0.25) is 0 Å². The summed E-state index contributed by atoms with van der Waals surface area (Å²) in [6, 6.07) is 15.1. The second-order valence-corrected chi connectivity index (χ2v) is 9.19. The summed E-state index contributed by atoms with van der Waals surface area (Å²) in [4.78, 5) is 8.05. The van der Waals surface area contributed by atoms with Crippen LogP contribution in [0.4, 0.5) is 36.3 Å². The molecule has 0 unspecified atom stereocenters. The molecule has 0 saturated heterocycles. The van der Waals surface area contributed by atoms with E-state index in [9.17, 15) is 13.2 Å². The topological polar surface area (TPSA) is 49.8 Å². The number of halogens is 3. The quantitative estimate of drug-likeness (QED) is 0.337. The van der Waals surface area contributed by atoms with Gasteiger partial charge in [0.15, 0.2) is 0 Å². The van der Waals surface area contributed by atoms with Gasteiger partial charge < -0.3 is 10.6 Å². The largest absolute Gasteiger partial charge is 0.421 e. The first kappa shape index (κ1) is 24.6. The van der Waals surface area contributed by atoms with Gasteiger partial charge in [-0.2, -0.15) is 18.2 Å². The lowest BCUT2D eigenvalue weighted by Gasteiger charge is -2.19. The van der Waals surface area contributed by atoms with Gasteiger partial charge in [-0.25, -0.2) is 4.98 Å². The van der Waals surface area contributed by atoms with Crippen molar-refractivity contribution in [1.29, 1.82) is 0 Å². The van der Waals surface area contributed by atoms with Crippen molar-refractivity contribution in [3.05, 3.63) is 71.4 Å². The van der Waals surface area contributed by atoms with E-state index in [2.05, 4.69) is 48.3 Å². The van der Waals surface area contributed by atoms with Crippen LogP contribution in [0.15, 0.2) is 54.7 Å². The molecule has 7 heteroatoms. The van der Waals surface area contributed by atoms with E-state index in [0.717, 1.165) is 43.0 Å². The third-order valence-electron chi connectivity index (χ3n) is 5.36. The Labute approximate surface area is 193 Å². The molecule has 176 valence electrons. The van der Waals surface area contributed by atoms with Crippen LogP contribution in [0.3, 0.4) is 0 Å². The Morgan fingerprint density at radius 1 is 0.879 bits per heavy atom. The van der Waals surface area contributed by atoms with Crippen LogP contribution >= 0.6 is 0 Å². The Bertz CT molecular complexity index is 1050. The van der Waals surface area contributed by atoms with Crippen LogP contribution in [0.25, 0.3) is 0 Å². The van der Waals surface area contributed by atoms with E-state index < -0.39 is 11.7 Å². The number of rotatable bonds is 8. The molecule has 2 aromatic carbocycles. The summed E-state index contributed by atoms with van der Waals surface area (Å²) in [7, 11) is 0. The van der Waals surface area contributed by atoms with Crippen molar-refractivity contribution in [1.82, 2.24) is 9.97 Å². The normalized spacial score (nSPS) is 12.0. The fourth-order valence-electron chi connectivity index (χ4n) is 3.45. The molecule has 0 bridgehead atoms. The number of alkyl halides is 3. The number of aromatic nitrogens is 2. The number of benzene rings is 2. The number of nitrogens with zero attached hydrogens (tertiary/aromatic N) is 2. The van der Waals surface area contributed by atoms with Crippen molar-refractivity contribution < 1.29 is 13.2 Å². The predicted octanol–water partition coefficient (Wildman–Crippen LogP) is 8.01. The van der Waals surface area contributed by atoms with Crippen molar-refractivity contribution in [3.8, 4) is 0 Å². The number of anilines is 4. The van der Waals surface area contributed by atoms with Crippen molar-refractivity contribution in [3.63, 3.8) is 0 Å². The molecule has 33 heavy (non-hydrogen) atoms. The number of unbranched alkanes of at least 4 members (excludes halogenated alkanes) is 2. The Kier molecular flexibility index (Phi) is 7.61. The van der Waals surface area contributed by atoms with Gasteiger partial charge in [0.1, 0.15) is 11.4 Å². The van der Waals surface area contributed by atoms with Gasteiger partial charge in [0, 0.05) is 17.6 Å². The lowest BCUT2D eigenvalue weighted by atomic mass is 9.87. The smallest absolute Gasteiger partial charge is 0.340 e. The van der Waals surface area contributed by atoms with E-state index in [1.54, 1.807) is 6.07 Å². The summed E-state index contributed by atoms with van der Waals surface area (Å²) in [5.74, 6) is -0.190. The molecular formula is C26H31F3N4. The molecule has 0 saturated carbocycles. The first-order chi connectivity index (χ1) is 15.6. The molecule has 0 radical (unpaired) electrons. The van der Waals surface area contributed by atoms with E-state index in [-0.39, 0.29) is 17.2 Å². The summed E-state index contributed by atoms with van der Waals surface area (Å²) < 4.78 is 40.8. The van der Waals surface area contributed by atoms with Crippen LogP contribution in [0.5, 0.6) is 0 Å². The van der Waals surface area contributed by atoms with Crippen molar-refractivity contribution in [2.24, 2.45) is 0 Å². The highest BCUT2D eigenvalue weighted by Gasteiger charge is 2.35. The van der Waals surface area contributed by atoms with E-state index in [0.29, 0.717) is 11.4 Å². The van der Waals surface area contributed by atoms with E-state index in [1.807, 2.05) is 42.5 Å². The van der Waals surface area contributed by atoms with E-state index >= 15 is 0 Å². The van der Waals surface area contributed by atoms with Gasteiger partial charge in [-0.1, -0.05) is 64.8 Å². The summed E-state index contributed by atoms with van der Waals surface area (Å²) in [6.07, 6.45) is 0.399. The molecule has 0 spiro atoms. The highest BCUT2D eigenvalue weighted by molar-refractivity contribution is 5.63. The van der Waals surface area contributed by atoms with Crippen LogP contribution in [-0.4, -0.2) is 9.97 Å². The summed E-state index contributed by atoms with van der Waals surface area (Å²) in [5.41, 5.74) is 2.59. The minimum atomic E-state index is -4.58. The molecular weight excluding hydrogens is 425 g/mol. The highest BCUT2D eigenvalue weighted by atomic mass is 19.4. The van der Waals surface area contributed by atoms with Gasteiger partial charge in [-0.05, 0) is 53.6 Å². The second-order valence-electron chi connectivity index (χ2n) is 9.19. The number of nitrogens with one attached hydrogen (secondary N) is 2. The van der Waals surface area contributed by atoms with Crippen molar-refractivity contribution in [2.45, 2.75) is 65.0 Å². The van der Waals surface area contributed by atoms with Crippen LogP contribution < -0.4 is 10.6 Å². The molecule has 3 aromatic rings. The minimum Gasteiger partial charge on any atom is -0.340 e. The lowest BCUT2D eigenvalue weighted by Crippen LogP contribution is -2.13. The van der Waals surface area contributed by atoms with E-state index in [4.69, 9.17) is 0 Å². The number of hydrogen-bond acceptors (Lipinski definition) is 4. The van der Waals surface area contributed by atoms with Gasteiger partial charge in [0.2, 0.25) is 5.95 Å². The van der Waals surface area contributed by atoms with Gasteiger partial charge in [0.25, 0.3) is 0 Å². The fraction of sp³-hybridized carbons (Fsp3) is 0.385. The maximum Gasteiger partial charge on any atom is 0.421 e. The van der Waals surface area contributed by atoms with Gasteiger partial charge in [0.05, 0.1) is 0 Å². The molecule has 0 aliphatic rings. The maximum absolute atomic E-state index is 13.6. The second kappa shape index (κ2) is 10.2. The van der Waals surface area contributed by atoms with Crippen molar-refractivity contribution >= 4 is 23.1 Å². The SMILES string of the molecule is CCCCCc1cccc(Nc2nc(Nc3ccc(C(C)(C)C)cc3)ncc2C(F)(F)F)c1. The molecule has 0 fully saturated rings. The van der Waals surface area contributed by atoms with Crippen LogP contribution in [0, 0.1) is 0 Å². The van der Waals surface area contributed by atoms with Crippen LogP contribution in [0.1, 0.15) is 63.6 Å². The highest BCUT2D eigenvalue weighted by Crippen LogP contribution is 2.35. The maximum atomic E-state index is 13.6. The fourth-order valence-corrected chi connectivity index (χ4v) is 3.45. The number of hydrogen-bond donors (Lipinski definition) is 2. The Balaban J connectivity index is 1.84. The zero-order chi connectivity index (χ0) is 24.1. The first-order valence-electron chi connectivity index (χ1n) is 11.2.